The molecule has 2 aliphatic rings. The van der Waals surface area contributed by atoms with Gasteiger partial charge < -0.3 is 23.8 Å². The third-order valence-corrected chi connectivity index (χ3v) is 5.11. The predicted molar refractivity (Wildman–Crippen MR) is 109 cm³/mol. The zero-order valence-electron chi connectivity index (χ0n) is 16.8. The van der Waals surface area contributed by atoms with Gasteiger partial charge in [-0.15, -0.1) is 0 Å². The highest BCUT2D eigenvalue weighted by molar-refractivity contribution is 6.33. The molecule has 0 aliphatic carbocycles. The van der Waals surface area contributed by atoms with Gasteiger partial charge in [0.1, 0.15) is 36.4 Å². The van der Waals surface area contributed by atoms with Crippen LogP contribution in [-0.4, -0.2) is 51.3 Å². The molecular formula is C21H24ClNO6. The van der Waals surface area contributed by atoms with E-state index in [0.29, 0.717) is 34.2 Å². The number of esters is 1. The van der Waals surface area contributed by atoms with Crippen molar-refractivity contribution in [1.82, 2.24) is 0 Å². The maximum Gasteiger partial charge on any atom is 0.342 e. The van der Waals surface area contributed by atoms with Gasteiger partial charge in [0.05, 0.1) is 31.1 Å². The molecule has 0 saturated carbocycles. The molecule has 2 aliphatic heterocycles. The number of hydrogen-bond acceptors (Lipinski definition) is 7. The molecule has 0 amide bonds. The Labute approximate surface area is 174 Å². The lowest BCUT2D eigenvalue weighted by atomic mass is 9.99. The Kier molecular flexibility index (Phi) is 6.82. The summed E-state index contributed by atoms with van der Waals surface area (Å²) in [5.41, 5.74) is 1.28. The summed E-state index contributed by atoms with van der Waals surface area (Å²) in [4.78, 5) is 18.0. The number of nitrogens with zero attached hydrogens (tertiary/aromatic N) is 1. The maximum absolute atomic E-state index is 13.1. The number of fused-ring (bicyclic) bond motifs is 2. The SMILES string of the molecule is CON=C1C=C/C=C\C2OC2CC(C)OC(=O)c2c(OC)cc(OC)c(Cl)c2C1. The lowest BCUT2D eigenvalue weighted by Crippen LogP contribution is -2.20. The Morgan fingerprint density at radius 3 is 2.62 bits per heavy atom. The average molecular weight is 422 g/mol. The Bertz CT molecular complexity index is 863. The first kappa shape index (κ1) is 21.2. The Morgan fingerprint density at radius 2 is 1.93 bits per heavy atom. The molecule has 0 bridgehead atoms. The average Bonchev–Trinajstić information content (AvgIpc) is 3.42. The Balaban J connectivity index is 2.11. The topological polar surface area (TPSA) is 78.9 Å². The molecule has 1 saturated heterocycles. The van der Waals surface area contributed by atoms with E-state index in [-0.39, 0.29) is 30.3 Å². The van der Waals surface area contributed by atoms with Crippen molar-refractivity contribution in [2.24, 2.45) is 5.16 Å². The fourth-order valence-corrected chi connectivity index (χ4v) is 3.55. The molecule has 2 heterocycles. The van der Waals surface area contributed by atoms with Crippen LogP contribution in [-0.2, 0) is 20.7 Å². The molecular weight excluding hydrogens is 398 g/mol. The summed E-state index contributed by atoms with van der Waals surface area (Å²) in [5.74, 6) is 0.172. The molecule has 3 atom stereocenters. The van der Waals surface area contributed by atoms with Gasteiger partial charge in [0.2, 0.25) is 0 Å². The van der Waals surface area contributed by atoms with Gasteiger partial charge in [-0.2, -0.15) is 0 Å². The first-order valence-electron chi connectivity index (χ1n) is 9.23. The van der Waals surface area contributed by atoms with Crippen LogP contribution in [0.15, 0.2) is 35.5 Å². The summed E-state index contributed by atoms with van der Waals surface area (Å²) < 4.78 is 22.1. The van der Waals surface area contributed by atoms with E-state index in [9.17, 15) is 4.79 Å². The van der Waals surface area contributed by atoms with E-state index in [1.165, 1.54) is 21.3 Å². The van der Waals surface area contributed by atoms with E-state index in [4.69, 9.17) is 35.4 Å². The smallest absolute Gasteiger partial charge is 0.342 e. The number of cyclic esters (lactones) is 1. The standard InChI is InChI=1S/C21H24ClNO6/c1-12-9-16-15(29-16)8-6-5-7-13(23-27-4)10-14-19(21(24)28-12)17(25-2)11-18(26-3)20(14)22/h5-8,11-12,15-16H,9-10H2,1-4H3/b7-5?,8-6-,23-13?. The van der Waals surface area contributed by atoms with Crippen LogP contribution in [0.3, 0.4) is 0 Å². The number of ether oxygens (including phenoxy) is 4. The van der Waals surface area contributed by atoms with Gasteiger partial charge in [-0.1, -0.05) is 35.0 Å². The molecule has 0 aromatic heterocycles. The second kappa shape index (κ2) is 9.33. The van der Waals surface area contributed by atoms with Crippen molar-refractivity contribution >= 4 is 23.3 Å². The third-order valence-electron chi connectivity index (χ3n) is 4.70. The number of halogens is 1. The number of carbonyl (C=O) groups is 1. The van der Waals surface area contributed by atoms with Gasteiger partial charge in [-0.3, -0.25) is 0 Å². The molecule has 3 unspecified atom stereocenters. The van der Waals surface area contributed by atoms with E-state index >= 15 is 0 Å². The van der Waals surface area contributed by atoms with Crippen LogP contribution < -0.4 is 9.47 Å². The lowest BCUT2D eigenvalue weighted by molar-refractivity contribution is 0.0305. The van der Waals surface area contributed by atoms with E-state index < -0.39 is 5.97 Å². The van der Waals surface area contributed by atoms with Crippen LogP contribution >= 0.6 is 11.6 Å². The molecule has 7 nitrogen and oxygen atoms in total. The Hall–Kier alpha value is -2.51. The zero-order chi connectivity index (χ0) is 21.0. The first-order chi connectivity index (χ1) is 14.0. The lowest BCUT2D eigenvalue weighted by Gasteiger charge is -2.19. The van der Waals surface area contributed by atoms with Crippen LogP contribution in [0.4, 0.5) is 0 Å². The van der Waals surface area contributed by atoms with Gasteiger partial charge in [0.15, 0.2) is 0 Å². The second-order valence-corrected chi connectivity index (χ2v) is 7.10. The summed E-state index contributed by atoms with van der Waals surface area (Å²) in [6.07, 6.45) is 8.00. The van der Waals surface area contributed by atoms with Crippen molar-refractivity contribution in [3.63, 3.8) is 0 Å². The number of oxime groups is 1. The molecule has 0 spiro atoms. The first-order valence-corrected chi connectivity index (χ1v) is 9.61. The van der Waals surface area contributed by atoms with E-state index in [0.717, 1.165) is 0 Å². The number of benzene rings is 1. The van der Waals surface area contributed by atoms with Gasteiger partial charge >= 0.3 is 5.97 Å². The summed E-state index contributed by atoms with van der Waals surface area (Å²) in [6.45, 7) is 1.83. The largest absolute Gasteiger partial charge is 0.496 e. The van der Waals surface area contributed by atoms with Crippen LogP contribution in [0.1, 0.15) is 29.3 Å². The van der Waals surface area contributed by atoms with Crippen LogP contribution in [0.2, 0.25) is 5.02 Å². The summed E-state index contributed by atoms with van der Waals surface area (Å²) >= 11 is 6.56. The van der Waals surface area contributed by atoms with Crippen molar-refractivity contribution in [2.75, 3.05) is 21.3 Å². The number of hydrogen-bond donors (Lipinski definition) is 0. The van der Waals surface area contributed by atoms with Gasteiger partial charge in [-0.05, 0) is 18.6 Å². The fraction of sp³-hybridized carbons (Fsp3) is 0.429. The van der Waals surface area contributed by atoms with Crippen molar-refractivity contribution in [3.8, 4) is 11.5 Å². The number of methoxy groups -OCH3 is 2. The number of epoxide rings is 1. The zero-order valence-corrected chi connectivity index (χ0v) is 17.6. The van der Waals surface area contributed by atoms with Crippen LogP contribution in [0.5, 0.6) is 11.5 Å². The minimum atomic E-state index is -0.528. The van der Waals surface area contributed by atoms with E-state index in [2.05, 4.69) is 5.16 Å². The highest BCUT2D eigenvalue weighted by Gasteiger charge is 2.38. The molecule has 156 valence electrons. The second-order valence-electron chi connectivity index (χ2n) is 6.73. The van der Waals surface area contributed by atoms with Crippen molar-refractivity contribution in [3.05, 3.63) is 46.5 Å². The van der Waals surface area contributed by atoms with Crippen molar-refractivity contribution in [2.45, 2.75) is 38.1 Å². The van der Waals surface area contributed by atoms with Crippen LogP contribution in [0.25, 0.3) is 0 Å². The summed E-state index contributed by atoms with van der Waals surface area (Å²) in [6, 6.07) is 1.57. The van der Waals surface area contributed by atoms with Crippen molar-refractivity contribution in [1.29, 1.82) is 0 Å². The number of carbonyl (C=O) groups excluding carboxylic acids is 1. The molecule has 1 aromatic carbocycles. The number of rotatable bonds is 3. The van der Waals surface area contributed by atoms with Crippen LogP contribution in [0, 0.1) is 0 Å². The normalized spacial score (nSPS) is 26.6. The highest BCUT2D eigenvalue weighted by Crippen LogP contribution is 2.39. The molecule has 0 N–H and O–H groups in total. The quantitative estimate of drug-likeness (QED) is 0.420. The van der Waals surface area contributed by atoms with E-state index in [1.54, 1.807) is 12.1 Å². The van der Waals surface area contributed by atoms with Crippen molar-refractivity contribution < 1.29 is 28.6 Å². The Morgan fingerprint density at radius 1 is 1.17 bits per heavy atom. The van der Waals surface area contributed by atoms with Gasteiger partial charge in [0, 0.05) is 18.9 Å². The summed E-state index contributed by atoms with van der Waals surface area (Å²) in [5, 5.41) is 4.34. The minimum absolute atomic E-state index is 0.0204. The van der Waals surface area contributed by atoms with E-state index in [1.807, 2.05) is 25.2 Å². The molecule has 0 radical (unpaired) electrons. The van der Waals surface area contributed by atoms with Gasteiger partial charge in [0.25, 0.3) is 0 Å². The molecule has 29 heavy (non-hydrogen) atoms. The van der Waals surface area contributed by atoms with Gasteiger partial charge in [-0.25, -0.2) is 4.79 Å². The molecule has 3 rings (SSSR count). The number of allylic oxidation sites excluding steroid dienone is 3. The fourth-order valence-electron chi connectivity index (χ4n) is 3.25. The predicted octanol–water partition coefficient (Wildman–Crippen LogP) is 3.73. The maximum atomic E-state index is 13.1. The monoisotopic (exact) mass is 421 g/mol. The molecule has 8 heteroatoms. The molecule has 1 aromatic rings. The summed E-state index contributed by atoms with van der Waals surface area (Å²) in [7, 11) is 4.43. The minimum Gasteiger partial charge on any atom is -0.496 e. The third kappa shape index (κ3) is 4.92. The highest BCUT2D eigenvalue weighted by atomic mass is 35.5. The molecule has 1 fully saturated rings.